The Morgan fingerprint density at radius 3 is 1.55 bits per heavy atom. The van der Waals surface area contributed by atoms with Gasteiger partial charge in [0.15, 0.2) is 11.6 Å². The van der Waals surface area contributed by atoms with E-state index < -0.39 is 10.2 Å². The van der Waals surface area contributed by atoms with Crippen LogP contribution in [0.15, 0.2) is 178 Å². The van der Waals surface area contributed by atoms with Crippen molar-refractivity contribution >= 4 is 55.5 Å². The Hall–Kier alpha value is -4.98. The van der Waals surface area contributed by atoms with Gasteiger partial charge in [-0.05, 0) is 66.7 Å². The molecule has 0 spiro atoms. The molecule has 0 saturated heterocycles. The molecule has 4 aromatic carbocycles. The first-order chi connectivity index (χ1) is 23.8. The van der Waals surface area contributed by atoms with E-state index in [0.29, 0.717) is 17.3 Å². The second-order valence-corrected chi connectivity index (χ2v) is 9.88. The molecular weight excluding hydrogens is 758 g/mol. The summed E-state index contributed by atoms with van der Waals surface area (Å²) in [5, 5.41) is 24.5. The van der Waals surface area contributed by atoms with Crippen molar-refractivity contribution in [2.75, 3.05) is 5.32 Å². The zero-order valence-corrected chi connectivity index (χ0v) is 28.5. The fraction of sp³-hybridized carbons (Fsp3) is 0. The molecule has 0 radical (unpaired) electrons. The summed E-state index contributed by atoms with van der Waals surface area (Å²) in [5.41, 5.74) is 5.24. The van der Waals surface area contributed by atoms with Crippen LogP contribution in [0.5, 0.6) is 0 Å². The van der Waals surface area contributed by atoms with E-state index >= 15 is 0 Å². The van der Waals surface area contributed by atoms with E-state index in [1.807, 2.05) is 157 Å². The number of hydrogen-bond donors (Lipinski definition) is 1. The van der Waals surface area contributed by atoms with E-state index in [-0.39, 0.29) is 0 Å². The maximum Gasteiger partial charge on any atom is 0.174 e. The minimum atomic E-state index is -4.94. The van der Waals surface area contributed by atoms with E-state index in [0.717, 1.165) is 28.4 Å². The summed E-state index contributed by atoms with van der Waals surface area (Å²) in [4.78, 5) is 8.21. The predicted octanol–water partition coefficient (Wildman–Crippen LogP) is 7.01. The van der Waals surface area contributed by atoms with Gasteiger partial charge in [0.1, 0.15) is 0 Å². The van der Waals surface area contributed by atoms with Crippen LogP contribution in [0.4, 0.5) is 45.8 Å². The number of para-hydroxylation sites is 3. The minimum Gasteiger partial charge on any atom is -0.656 e. The van der Waals surface area contributed by atoms with Crippen LogP contribution in [0.25, 0.3) is 5.32 Å². The van der Waals surface area contributed by atoms with Gasteiger partial charge in [-0.15, -0.1) is 37.0 Å². The first kappa shape index (κ1) is 38.5. The number of nitrogens with zero attached hydrogens (tertiary/aromatic N) is 7. The Morgan fingerprint density at radius 1 is 0.531 bits per heavy atom. The summed E-state index contributed by atoms with van der Waals surface area (Å²) < 4.78 is 34.0. The molecule has 0 aliphatic heterocycles. The van der Waals surface area contributed by atoms with Crippen molar-refractivity contribution in [2.24, 2.45) is 20.5 Å². The maximum atomic E-state index is 8.49. The summed E-state index contributed by atoms with van der Waals surface area (Å²) >= 11 is 2.02. The van der Waals surface area contributed by atoms with Crippen molar-refractivity contribution in [3.05, 3.63) is 163 Å². The van der Waals surface area contributed by atoms with E-state index in [1.165, 1.54) is 0 Å². The number of benzene rings is 4. The van der Waals surface area contributed by atoms with Crippen molar-refractivity contribution in [3.63, 3.8) is 0 Å². The Labute approximate surface area is 299 Å². The summed E-state index contributed by atoms with van der Waals surface area (Å²) in [6.07, 6.45) is 3.38. The largest absolute Gasteiger partial charge is 0.656 e. The van der Waals surface area contributed by atoms with Crippen molar-refractivity contribution in [2.45, 2.75) is 0 Å². The number of pyridine rings is 2. The van der Waals surface area contributed by atoms with Crippen LogP contribution in [0.2, 0.25) is 0 Å². The number of azo groups is 2. The molecule has 0 amide bonds. The molecule has 0 aliphatic rings. The average molecular weight is 785 g/mol. The van der Waals surface area contributed by atoms with Crippen molar-refractivity contribution in [1.29, 1.82) is 0 Å². The molecule has 0 bridgehead atoms. The second-order valence-electron chi connectivity index (χ2n) is 9.13. The van der Waals surface area contributed by atoms with Crippen molar-refractivity contribution < 1.29 is 46.2 Å². The monoisotopic (exact) mass is 784 g/mol. The fourth-order valence-corrected chi connectivity index (χ4v) is 3.62. The molecule has 0 aliphatic carbocycles. The average Bonchev–Trinajstić information content (AvgIpc) is 3.13. The molecule has 250 valence electrons. The zero-order chi connectivity index (χ0) is 35.2. The van der Waals surface area contributed by atoms with Gasteiger partial charge >= 0.3 is 27.0 Å². The van der Waals surface area contributed by atoms with E-state index in [9.17, 15) is 0 Å². The van der Waals surface area contributed by atoms with Gasteiger partial charge in [-0.1, -0.05) is 78.9 Å². The molecule has 15 heteroatoms. The van der Waals surface area contributed by atoms with Crippen LogP contribution in [0.1, 0.15) is 0 Å². The molecule has 2 heterocycles. The van der Waals surface area contributed by atoms with E-state index in [2.05, 4.69) is 50.7 Å². The summed E-state index contributed by atoms with van der Waals surface area (Å²) in [5.74, 6) is 1.18. The Kier molecular flexibility index (Phi) is 17.1. The molecule has 1 N–H and O–H groups in total. The van der Waals surface area contributed by atoms with Crippen LogP contribution in [0.3, 0.4) is 0 Å². The number of hydrogen-bond acceptors (Lipinski definition) is 11. The smallest absolute Gasteiger partial charge is 0.174 e. The predicted molar refractivity (Wildman–Crippen MR) is 174 cm³/mol. The third kappa shape index (κ3) is 16.6. The number of aromatic nitrogens is 2. The van der Waals surface area contributed by atoms with Gasteiger partial charge in [0.25, 0.3) is 0 Å². The third-order valence-electron chi connectivity index (χ3n) is 5.64. The van der Waals surface area contributed by atoms with Crippen molar-refractivity contribution in [3.8, 4) is 0 Å². The topological polar surface area (TPSA) is 194 Å². The van der Waals surface area contributed by atoms with Crippen LogP contribution in [-0.4, -0.2) is 9.97 Å². The molecule has 6 aromatic rings. The quantitative estimate of drug-likeness (QED) is 0.127. The SMILES string of the molecule is [Cl][Rh+2].[O-][Cl+3]([O-])([O-])[O-].c1ccc(Nc2ccc(N=Nc3ccccn3)cc2)cc1.c1ccc([N-]c2ccccc2N=Nc2ccccn2)cc1. The molecule has 12 nitrogen and oxygen atoms in total. The van der Waals surface area contributed by atoms with Gasteiger partial charge in [-0.3, -0.25) is 0 Å². The van der Waals surface area contributed by atoms with Crippen LogP contribution < -0.4 is 24.0 Å². The van der Waals surface area contributed by atoms with Gasteiger partial charge in [-0.2, -0.15) is 5.11 Å². The van der Waals surface area contributed by atoms with Gasteiger partial charge in [0.05, 0.1) is 11.4 Å². The first-order valence-corrected chi connectivity index (χ1v) is 17.3. The molecule has 0 atom stereocenters. The summed E-state index contributed by atoms with van der Waals surface area (Å²) in [7, 11) is -0.416. The standard InChI is InChI=1S/C17H13N4.C17H14N4.ClHO4.ClH.Rh/c1-2-8-14(9-3-1)19-15-10-4-5-11-16(15)20-21-17-12-6-7-13-18-17;1-2-6-14(7-3-1)19-15-9-11-16(12-10-15)20-21-17-8-4-5-13-18-17;2-1(3,4)5;;/h1-13H;1-13,19H;(H,2,3,4,5);1H;/q-1;;;;+3/p-2. The minimum absolute atomic E-state index is 0.576. The normalized spacial score (nSPS) is 10.5. The Balaban J connectivity index is 0.000000224. The van der Waals surface area contributed by atoms with Crippen LogP contribution >= 0.6 is 9.69 Å². The molecule has 0 fully saturated rings. The fourth-order valence-electron chi connectivity index (χ4n) is 3.62. The molecule has 0 unspecified atom stereocenters. The Morgan fingerprint density at radius 2 is 1.00 bits per heavy atom. The van der Waals surface area contributed by atoms with Gasteiger partial charge < -0.3 is 10.6 Å². The summed E-state index contributed by atoms with van der Waals surface area (Å²) in [6, 6.07) is 46.3. The summed E-state index contributed by atoms with van der Waals surface area (Å²) in [6.45, 7) is 0. The first-order valence-electron chi connectivity index (χ1n) is 14.0. The number of halogens is 2. The zero-order valence-electron chi connectivity index (χ0n) is 25.4. The Bertz CT molecular complexity index is 1820. The number of nitrogens with one attached hydrogen (secondary N) is 1. The molecule has 49 heavy (non-hydrogen) atoms. The molecule has 6 rings (SSSR count). The van der Waals surface area contributed by atoms with Gasteiger partial charge in [0.2, 0.25) is 0 Å². The van der Waals surface area contributed by atoms with Gasteiger partial charge in [-0.25, -0.2) is 28.6 Å². The molecular formula is C34H27Cl2N8O4Rh. The number of anilines is 2. The van der Waals surface area contributed by atoms with E-state index in [1.54, 1.807) is 18.5 Å². The molecule has 0 saturated carbocycles. The number of rotatable bonds is 8. The van der Waals surface area contributed by atoms with E-state index in [4.69, 9.17) is 18.6 Å². The van der Waals surface area contributed by atoms with Crippen LogP contribution in [0, 0.1) is 10.2 Å². The molecule has 2 aromatic heterocycles. The maximum absolute atomic E-state index is 8.49. The van der Waals surface area contributed by atoms with Crippen molar-refractivity contribution in [1.82, 2.24) is 9.97 Å². The second kappa shape index (κ2) is 21.8. The third-order valence-corrected chi connectivity index (χ3v) is 5.64. The van der Waals surface area contributed by atoms with Crippen LogP contribution in [-0.2, 0) is 17.3 Å². The van der Waals surface area contributed by atoms with Gasteiger partial charge in [0, 0.05) is 23.8 Å².